The number of aryl methyl sites for hydroxylation is 1. The van der Waals surface area contributed by atoms with Gasteiger partial charge in [-0.15, -0.1) is 0 Å². The third-order valence-electron chi connectivity index (χ3n) is 1.09. The van der Waals surface area contributed by atoms with Gasteiger partial charge >= 0.3 is 0 Å². The highest BCUT2D eigenvalue weighted by molar-refractivity contribution is 5.38. The van der Waals surface area contributed by atoms with Gasteiger partial charge in [0.1, 0.15) is 5.69 Å². The summed E-state index contributed by atoms with van der Waals surface area (Å²) in [7, 11) is 0. The summed E-state index contributed by atoms with van der Waals surface area (Å²) in [5, 5.41) is 0. The van der Waals surface area contributed by atoms with E-state index in [9.17, 15) is 8.78 Å². The van der Waals surface area contributed by atoms with E-state index in [1.165, 1.54) is 6.92 Å². The van der Waals surface area contributed by atoms with Crippen molar-refractivity contribution in [2.24, 2.45) is 0 Å². The minimum absolute atomic E-state index is 0.282. The van der Waals surface area contributed by atoms with Gasteiger partial charge in [-0.25, -0.2) is 9.37 Å². The van der Waals surface area contributed by atoms with E-state index < -0.39 is 17.5 Å². The number of nitrogens with zero attached hydrogens (tertiary/aromatic N) is 1. The van der Waals surface area contributed by atoms with E-state index in [0.717, 1.165) is 6.07 Å². The Morgan fingerprint density at radius 1 is 1.50 bits per heavy atom. The molecule has 0 aliphatic carbocycles. The van der Waals surface area contributed by atoms with Crippen LogP contribution in [-0.2, 0) is 0 Å². The van der Waals surface area contributed by atoms with Crippen molar-refractivity contribution in [3.8, 4) is 0 Å². The van der Waals surface area contributed by atoms with Crippen LogP contribution in [0, 0.1) is 18.7 Å². The number of hydrogen-bond donors (Lipinski definition) is 1. The highest BCUT2D eigenvalue weighted by Crippen LogP contribution is 2.12. The summed E-state index contributed by atoms with van der Waals surface area (Å²) in [6.07, 6.45) is 0. The van der Waals surface area contributed by atoms with E-state index in [2.05, 4.69) is 4.98 Å². The summed E-state index contributed by atoms with van der Waals surface area (Å²) in [5.41, 5.74) is 4.70. The zero-order chi connectivity index (χ0) is 7.72. The zero-order valence-electron chi connectivity index (χ0n) is 5.36. The molecule has 2 nitrogen and oxygen atoms in total. The molecule has 0 spiro atoms. The Hall–Kier alpha value is -1.19. The van der Waals surface area contributed by atoms with Crippen LogP contribution in [0.15, 0.2) is 6.07 Å². The molecule has 1 heterocycles. The minimum atomic E-state index is -0.947. The number of aromatic nitrogens is 1. The second-order valence-corrected chi connectivity index (χ2v) is 1.95. The van der Waals surface area contributed by atoms with Crippen LogP contribution in [0.1, 0.15) is 5.69 Å². The van der Waals surface area contributed by atoms with Crippen molar-refractivity contribution in [1.82, 2.24) is 4.98 Å². The number of rotatable bonds is 0. The Bertz CT molecular complexity index is 237. The first kappa shape index (κ1) is 6.92. The lowest BCUT2D eigenvalue weighted by atomic mass is 10.3. The monoisotopic (exact) mass is 144 g/mol. The highest BCUT2D eigenvalue weighted by Gasteiger charge is 2.05. The van der Waals surface area contributed by atoms with Crippen molar-refractivity contribution in [3.63, 3.8) is 0 Å². The van der Waals surface area contributed by atoms with Crippen LogP contribution in [0.4, 0.5) is 14.5 Å². The van der Waals surface area contributed by atoms with E-state index >= 15 is 0 Å². The summed E-state index contributed by atoms with van der Waals surface area (Å²) in [4.78, 5) is 3.30. The molecule has 0 unspecified atom stereocenters. The molecule has 0 amide bonds. The largest absolute Gasteiger partial charge is 0.393 e. The van der Waals surface area contributed by atoms with Gasteiger partial charge in [0, 0.05) is 5.69 Å². The molecule has 0 radical (unpaired) electrons. The SMILES string of the molecule is Cc1cc(F)c(N)c(F)n1. The number of pyridine rings is 1. The summed E-state index contributed by atoms with van der Waals surface area (Å²) in [5.74, 6) is -1.71. The fourth-order valence-electron chi connectivity index (χ4n) is 0.607. The molecule has 2 N–H and O–H groups in total. The minimum Gasteiger partial charge on any atom is -0.393 e. The molecule has 54 valence electrons. The van der Waals surface area contributed by atoms with Gasteiger partial charge in [0.25, 0.3) is 0 Å². The Morgan fingerprint density at radius 2 is 2.10 bits per heavy atom. The van der Waals surface area contributed by atoms with Crippen molar-refractivity contribution in [1.29, 1.82) is 0 Å². The third-order valence-corrected chi connectivity index (χ3v) is 1.09. The van der Waals surface area contributed by atoms with Crippen molar-refractivity contribution < 1.29 is 8.78 Å². The van der Waals surface area contributed by atoms with Crippen LogP contribution in [-0.4, -0.2) is 4.98 Å². The molecule has 0 aliphatic rings. The van der Waals surface area contributed by atoms with Crippen LogP contribution in [0.2, 0.25) is 0 Å². The van der Waals surface area contributed by atoms with Gasteiger partial charge in [0.05, 0.1) is 0 Å². The van der Waals surface area contributed by atoms with Crippen LogP contribution in [0.25, 0.3) is 0 Å². The van der Waals surface area contributed by atoms with Gasteiger partial charge in [-0.3, -0.25) is 0 Å². The number of nitrogens with two attached hydrogens (primary N) is 1. The van der Waals surface area contributed by atoms with Crippen LogP contribution >= 0.6 is 0 Å². The lowest BCUT2D eigenvalue weighted by Gasteiger charge is -1.97. The Morgan fingerprint density at radius 3 is 2.60 bits per heavy atom. The molecule has 0 saturated heterocycles. The van der Waals surface area contributed by atoms with Crippen LogP contribution in [0.3, 0.4) is 0 Å². The molecular weight excluding hydrogens is 138 g/mol. The lowest BCUT2D eigenvalue weighted by molar-refractivity contribution is 0.556. The molecule has 0 fully saturated rings. The number of anilines is 1. The summed E-state index contributed by atoms with van der Waals surface area (Å²) in [6, 6.07) is 1.08. The first-order chi connectivity index (χ1) is 4.61. The van der Waals surface area contributed by atoms with Crippen LogP contribution < -0.4 is 5.73 Å². The quantitative estimate of drug-likeness (QED) is 0.556. The van der Waals surface area contributed by atoms with E-state index in [1.54, 1.807) is 0 Å². The van der Waals surface area contributed by atoms with Crippen molar-refractivity contribution >= 4 is 5.69 Å². The highest BCUT2D eigenvalue weighted by atomic mass is 19.1. The maximum Gasteiger partial charge on any atom is 0.239 e. The molecule has 0 aromatic carbocycles. The van der Waals surface area contributed by atoms with Gasteiger partial charge in [0.15, 0.2) is 5.82 Å². The van der Waals surface area contributed by atoms with Crippen LogP contribution in [0.5, 0.6) is 0 Å². The number of halogens is 2. The Labute approximate surface area is 56.7 Å². The molecular formula is C6H6F2N2. The summed E-state index contributed by atoms with van der Waals surface area (Å²) >= 11 is 0. The average molecular weight is 144 g/mol. The Kier molecular flexibility index (Phi) is 1.53. The molecule has 1 rings (SSSR count). The van der Waals surface area contributed by atoms with Gasteiger partial charge in [0.2, 0.25) is 5.95 Å². The summed E-state index contributed by atoms with van der Waals surface area (Å²) in [6.45, 7) is 1.49. The standard InChI is InChI=1S/C6H6F2N2/c1-3-2-4(7)5(9)6(8)10-3/h2H,9H2,1H3. The summed E-state index contributed by atoms with van der Waals surface area (Å²) < 4.78 is 24.8. The fraction of sp³-hybridized carbons (Fsp3) is 0.167. The second-order valence-electron chi connectivity index (χ2n) is 1.95. The molecule has 10 heavy (non-hydrogen) atoms. The predicted octanol–water partition coefficient (Wildman–Crippen LogP) is 1.25. The first-order valence-electron chi connectivity index (χ1n) is 2.69. The Balaban J connectivity index is 3.31. The predicted molar refractivity (Wildman–Crippen MR) is 33.3 cm³/mol. The molecule has 4 heteroatoms. The molecule has 0 atom stereocenters. The molecule has 0 aliphatic heterocycles. The maximum atomic E-state index is 12.4. The maximum absolute atomic E-state index is 12.4. The zero-order valence-corrected chi connectivity index (χ0v) is 5.36. The molecule has 0 saturated carbocycles. The molecule has 0 bridgehead atoms. The molecule has 1 aromatic heterocycles. The van der Waals surface area contributed by atoms with E-state index in [1.807, 2.05) is 0 Å². The topological polar surface area (TPSA) is 38.9 Å². The second kappa shape index (κ2) is 2.21. The number of nitrogen functional groups attached to an aromatic ring is 1. The smallest absolute Gasteiger partial charge is 0.239 e. The van der Waals surface area contributed by atoms with E-state index in [4.69, 9.17) is 5.73 Å². The third kappa shape index (κ3) is 1.05. The average Bonchev–Trinajstić information content (AvgIpc) is 1.82. The van der Waals surface area contributed by atoms with Crippen molar-refractivity contribution in [2.75, 3.05) is 5.73 Å². The van der Waals surface area contributed by atoms with Gasteiger partial charge in [-0.1, -0.05) is 0 Å². The lowest BCUT2D eigenvalue weighted by Crippen LogP contribution is -1.99. The van der Waals surface area contributed by atoms with Gasteiger partial charge in [-0.2, -0.15) is 4.39 Å². The van der Waals surface area contributed by atoms with E-state index in [0.29, 0.717) is 0 Å². The normalized spacial score (nSPS) is 9.90. The molecule has 1 aromatic rings. The number of hydrogen-bond acceptors (Lipinski definition) is 2. The first-order valence-corrected chi connectivity index (χ1v) is 2.69. The fourth-order valence-corrected chi connectivity index (χ4v) is 0.607. The van der Waals surface area contributed by atoms with Gasteiger partial charge in [-0.05, 0) is 13.0 Å². The van der Waals surface area contributed by atoms with Gasteiger partial charge < -0.3 is 5.73 Å². The van der Waals surface area contributed by atoms with Crippen molar-refractivity contribution in [3.05, 3.63) is 23.5 Å². The van der Waals surface area contributed by atoms with E-state index in [-0.39, 0.29) is 5.69 Å². The van der Waals surface area contributed by atoms with Crippen molar-refractivity contribution in [2.45, 2.75) is 6.92 Å².